The van der Waals surface area contributed by atoms with Gasteiger partial charge in [-0.05, 0) is 97.1 Å². The van der Waals surface area contributed by atoms with Gasteiger partial charge in [-0.1, -0.05) is 60.7 Å². The molecule has 4 aromatic rings. The summed E-state index contributed by atoms with van der Waals surface area (Å²) >= 11 is 0. The molecule has 2 nitrogen and oxygen atoms in total. The maximum atomic E-state index is 2.34. The van der Waals surface area contributed by atoms with Crippen molar-refractivity contribution in [2.75, 3.05) is 16.8 Å². The Morgan fingerprint density at radius 2 is 1.26 bits per heavy atom. The van der Waals surface area contributed by atoms with E-state index in [9.17, 15) is 0 Å². The summed E-state index contributed by atoms with van der Waals surface area (Å²) < 4.78 is 0. The number of hydrogen-bond acceptors (Lipinski definition) is 2. The molecule has 0 radical (unpaired) electrons. The molecule has 2 heteroatoms. The van der Waals surface area contributed by atoms with Crippen LogP contribution >= 0.6 is 0 Å². The monoisotopic (exact) mass is 442 g/mol. The maximum Gasteiger partial charge on any atom is 0.0467 e. The van der Waals surface area contributed by atoms with Crippen LogP contribution in [0.3, 0.4) is 0 Å². The number of rotatable bonds is 6. The van der Waals surface area contributed by atoms with E-state index in [1.165, 1.54) is 22.4 Å². The minimum Gasteiger partial charge on any atom is -0.345 e. The Morgan fingerprint density at radius 3 is 2.00 bits per heavy atom. The lowest BCUT2D eigenvalue weighted by Gasteiger charge is -2.27. The number of nitrogens with zero attached hydrogens (tertiary/aromatic N) is 2. The highest BCUT2D eigenvalue weighted by Crippen LogP contribution is 2.37. The van der Waals surface area contributed by atoms with Gasteiger partial charge in [-0.2, -0.15) is 0 Å². The number of anilines is 5. The summed E-state index contributed by atoms with van der Waals surface area (Å²) in [5.41, 5.74) is 9.61. The van der Waals surface area contributed by atoms with E-state index in [2.05, 4.69) is 145 Å². The van der Waals surface area contributed by atoms with Crippen molar-refractivity contribution in [3.63, 3.8) is 0 Å². The van der Waals surface area contributed by atoms with Crippen LogP contribution in [0.15, 0.2) is 121 Å². The molecule has 0 saturated carbocycles. The molecular weight excluding hydrogens is 412 g/mol. The first-order chi connectivity index (χ1) is 16.7. The average Bonchev–Trinajstić information content (AvgIpc) is 2.90. The molecule has 0 fully saturated rings. The molecule has 168 valence electrons. The first-order valence-corrected chi connectivity index (χ1v) is 11.9. The fraction of sp³-hybridized carbons (Fsp3) is 0.125. The smallest absolute Gasteiger partial charge is 0.0467 e. The first-order valence-electron chi connectivity index (χ1n) is 11.9. The molecule has 0 unspecified atom stereocenters. The van der Waals surface area contributed by atoms with Crippen LogP contribution in [0.4, 0.5) is 28.4 Å². The van der Waals surface area contributed by atoms with Crippen LogP contribution in [0.1, 0.15) is 24.0 Å². The van der Waals surface area contributed by atoms with Gasteiger partial charge in [0.2, 0.25) is 0 Å². The van der Waals surface area contributed by atoms with E-state index in [-0.39, 0.29) is 0 Å². The van der Waals surface area contributed by atoms with E-state index >= 15 is 0 Å². The van der Waals surface area contributed by atoms with Crippen molar-refractivity contribution in [2.24, 2.45) is 0 Å². The van der Waals surface area contributed by atoms with Gasteiger partial charge in [-0.25, -0.2) is 0 Å². The summed E-state index contributed by atoms with van der Waals surface area (Å²) in [5.74, 6) is 0. The molecule has 1 aliphatic carbocycles. The van der Waals surface area contributed by atoms with Gasteiger partial charge in [0.1, 0.15) is 0 Å². The second-order valence-corrected chi connectivity index (χ2v) is 8.77. The maximum absolute atomic E-state index is 2.34. The molecule has 1 aliphatic rings. The van der Waals surface area contributed by atoms with E-state index in [0.717, 1.165) is 35.6 Å². The molecule has 0 atom stereocenters. The molecule has 5 rings (SSSR count). The van der Waals surface area contributed by atoms with Crippen molar-refractivity contribution in [3.05, 3.63) is 132 Å². The lowest BCUT2D eigenvalue weighted by atomic mass is 9.99. The summed E-state index contributed by atoms with van der Waals surface area (Å²) in [6.07, 6.45) is 9.07. The van der Waals surface area contributed by atoms with Crippen LogP contribution in [0, 0.1) is 6.92 Å². The summed E-state index contributed by atoms with van der Waals surface area (Å²) in [4.78, 5) is 4.55. The molecular formula is C32H30N2. The molecule has 4 aromatic carbocycles. The first kappa shape index (κ1) is 21.8. The normalized spacial score (nSPS) is 12.8. The van der Waals surface area contributed by atoms with Crippen LogP contribution in [0.25, 0.3) is 5.57 Å². The third-order valence-corrected chi connectivity index (χ3v) is 6.33. The van der Waals surface area contributed by atoms with Crippen LogP contribution in [0.5, 0.6) is 0 Å². The molecule has 0 aliphatic heterocycles. The molecule has 0 N–H and O–H groups in total. The highest BCUT2D eigenvalue weighted by Gasteiger charge is 2.14. The SMILES string of the molecule is Cc1cccc(N(C)c2ccc(N(c3ccccc3)c3cccc(C4=CCCC=C4)c3)cc2)c1. The topological polar surface area (TPSA) is 6.48 Å². The molecule has 0 heterocycles. The number of aryl methyl sites for hydroxylation is 1. The van der Waals surface area contributed by atoms with E-state index in [1.54, 1.807) is 0 Å². The van der Waals surface area contributed by atoms with Gasteiger partial charge in [-0.3, -0.25) is 0 Å². The van der Waals surface area contributed by atoms with Crippen molar-refractivity contribution in [3.8, 4) is 0 Å². The zero-order valence-electron chi connectivity index (χ0n) is 19.9. The molecule has 34 heavy (non-hydrogen) atoms. The lowest BCUT2D eigenvalue weighted by Crippen LogP contribution is -2.12. The minimum atomic E-state index is 1.11. The third-order valence-electron chi connectivity index (χ3n) is 6.33. The van der Waals surface area contributed by atoms with E-state index in [0.29, 0.717) is 0 Å². The Hall–Kier alpha value is -4.04. The van der Waals surface area contributed by atoms with Gasteiger partial charge in [0.15, 0.2) is 0 Å². The summed E-state index contributed by atoms with van der Waals surface area (Å²) in [6, 6.07) is 36.8. The summed E-state index contributed by atoms with van der Waals surface area (Å²) in [5, 5.41) is 0. The third kappa shape index (κ3) is 4.67. The molecule has 0 aromatic heterocycles. The Labute approximate surface area is 203 Å². The molecule has 0 amide bonds. The summed E-state index contributed by atoms with van der Waals surface area (Å²) in [6.45, 7) is 2.13. The van der Waals surface area contributed by atoms with Crippen LogP contribution in [-0.2, 0) is 0 Å². The fourth-order valence-corrected chi connectivity index (χ4v) is 4.49. The predicted octanol–water partition coefficient (Wildman–Crippen LogP) is 8.97. The highest BCUT2D eigenvalue weighted by molar-refractivity contribution is 5.82. The number of allylic oxidation sites excluding steroid dienone is 4. The number of hydrogen-bond donors (Lipinski definition) is 0. The predicted molar refractivity (Wildman–Crippen MR) is 147 cm³/mol. The number of para-hydroxylation sites is 1. The van der Waals surface area contributed by atoms with Crippen molar-refractivity contribution in [1.29, 1.82) is 0 Å². The van der Waals surface area contributed by atoms with Crippen molar-refractivity contribution < 1.29 is 0 Å². The van der Waals surface area contributed by atoms with Gasteiger partial charge in [0, 0.05) is 35.5 Å². The van der Waals surface area contributed by atoms with Gasteiger partial charge in [0.25, 0.3) is 0 Å². The van der Waals surface area contributed by atoms with Crippen molar-refractivity contribution in [1.82, 2.24) is 0 Å². The molecule has 0 saturated heterocycles. The number of benzene rings is 4. The average molecular weight is 443 g/mol. The van der Waals surface area contributed by atoms with Crippen LogP contribution in [-0.4, -0.2) is 7.05 Å². The Morgan fingerprint density at radius 1 is 0.588 bits per heavy atom. The largest absolute Gasteiger partial charge is 0.345 e. The van der Waals surface area contributed by atoms with Crippen LogP contribution in [0.2, 0.25) is 0 Å². The Bertz CT molecular complexity index is 1320. The van der Waals surface area contributed by atoms with Gasteiger partial charge in [-0.15, -0.1) is 0 Å². The second-order valence-electron chi connectivity index (χ2n) is 8.77. The van der Waals surface area contributed by atoms with Crippen molar-refractivity contribution in [2.45, 2.75) is 19.8 Å². The Kier molecular flexibility index (Phi) is 6.31. The van der Waals surface area contributed by atoms with E-state index < -0.39 is 0 Å². The summed E-state index contributed by atoms with van der Waals surface area (Å²) in [7, 11) is 2.12. The zero-order chi connectivity index (χ0) is 23.3. The minimum absolute atomic E-state index is 1.11. The zero-order valence-corrected chi connectivity index (χ0v) is 19.9. The van der Waals surface area contributed by atoms with Gasteiger partial charge < -0.3 is 9.80 Å². The quantitative estimate of drug-likeness (QED) is 0.294. The van der Waals surface area contributed by atoms with E-state index in [1.807, 2.05) is 0 Å². The lowest BCUT2D eigenvalue weighted by molar-refractivity contribution is 1.04. The molecule has 0 bridgehead atoms. The Balaban J connectivity index is 1.51. The van der Waals surface area contributed by atoms with Gasteiger partial charge in [0.05, 0.1) is 0 Å². The van der Waals surface area contributed by atoms with Crippen molar-refractivity contribution >= 4 is 34.0 Å². The standard InChI is InChI=1S/C32H30N2/c1-25-11-9-17-31(23-25)33(2)28-19-21-30(22-20-28)34(29-15-7-4-8-16-29)32-18-10-14-27(24-32)26-12-5-3-6-13-26/h4-5,7-24H,3,6H2,1-2H3. The highest BCUT2D eigenvalue weighted by atomic mass is 15.1. The fourth-order valence-electron chi connectivity index (χ4n) is 4.49. The van der Waals surface area contributed by atoms with E-state index in [4.69, 9.17) is 0 Å². The molecule has 0 spiro atoms. The second kappa shape index (κ2) is 9.84. The van der Waals surface area contributed by atoms with Crippen LogP contribution < -0.4 is 9.80 Å². The van der Waals surface area contributed by atoms with Gasteiger partial charge >= 0.3 is 0 Å².